The molecule has 0 aromatic carbocycles. The minimum Gasteiger partial charge on any atom is -0.449 e. The quantitative estimate of drug-likeness (QED) is 0.590. The Morgan fingerprint density at radius 3 is 2.62 bits per heavy atom. The van der Waals surface area contributed by atoms with Crippen LogP contribution in [0.2, 0.25) is 0 Å². The van der Waals surface area contributed by atoms with E-state index in [9.17, 15) is 0 Å². The molecule has 0 aliphatic heterocycles. The number of hydrogen-bond acceptors (Lipinski definition) is 4. The summed E-state index contributed by atoms with van der Waals surface area (Å²) in [5.74, 6) is 0.647. The van der Waals surface area contributed by atoms with Crippen molar-refractivity contribution in [3.05, 3.63) is 53.7 Å². The van der Waals surface area contributed by atoms with Crippen LogP contribution in [0.1, 0.15) is 37.4 Å². The summed E-state index contributed by atoms with van der Waals surface area (Å²) in [6.07, 6.45) is 10.6. The van der Waals surface area contributed by atoms with E-state index in [1.54, 1.807) is 23.7 Å². The molecule has 0 fully saturated rings. The van der Waals surface area contributed by atoms with Gasteiger partial charge < -0.3 is 9.40 Å². The van der Waals surface area contributed by atoms with Crippen LogP contribution in [0.3, 0.4) is 0 Å². The molecule has 3 aromatic heterocycles. The van der Waals surface area contributed by atoms with Crippen LogP contribution in [0, 0.1) is 13.8 Å². The lowest BCUT2D eigenvalue weighted by Gasteiger charge is -1.96. The van der Waals surface area contributed by atoms with Crippen LogP contribution in [-0.2, 0) is 0 Å². The average molecular weight is 341 g/mol. The Hall–Kier alpha value is -2.40. The van der Waals surface area contributed by atoms with Gasteiger partial charge in [-0.2, -0.15) is 0 Å². The molecular weight excluding hydrogens is 318 g/mol. The van der Waals surface area contributed by atoms with Crippen molar-refractivity contribution in [1.82, 2.24) is 15.0 Å². The normalized spacial score (nSPS) is 10.7. The third-order valence-electron chi connectivity index (χ3n) is 3.14. The van der Waals surface area contributed by atoms with E-state index in [-0.39, 0.29) is 0 Å². The summed E-state index contributed by atoms with van der Waals surface area (Å²) in [4.78, 5) is 12.2. The Balaban J connectivity index is 0.000000647. The molecule has 0 bridgehead atoms. The minimum absolute atomic E-state index is 0.647. The minimum atomic E-state index is 0.647. The molecule has 0 aliphatic rings. The first-order valence-electron chi connectivity index (χ1n) is 7.96. The second-order valence-corrected chi connectivity index (χ2v) is 6.19. The number of aryl methyl sites for hydroxylation is 2. The molecule has 0 aliphatic carbocycles. The topological polar surface area (TPSA) is 54.7 Å². The van der Waals surface area contributed by atoms with E-state index in [1.807, 2.05) is 37.6 Å². The van der Waals surface area contributed by atoms with Crippen molar-refractivity contribution in [3.8, 4) is 22.0 Å². The lowest BCUT2D eigenvalue weighted by atomic mass is 10.1. The van der Waals surface area contributed by atoms with E-state index < -0.39 is 0 Å². The lowest BCUT2D eigenvalue weighted by Crippen LogP contribution is -1.81. The van der Waals surface area contributed by atoms with Gasteiger partial charge in [0, 0.05) is 35.3 Å². The average Bonchev–Trinajstić information content (AvgIpc) is 3.26. The summed E-state index contributed by atoms with van der Waals surface area (Å²) < 4.78 is 5.24. The molecule has 0 atom stereocenters. The number of rotatable bonds is 4. The summed E-state index contributed by atoms with van der Waals surface area (Å²) in [7, 11) is 0. The van der Waals surface area contributed by atoms with E-state index in [1.165, 1.54) is 6.42 Å². The summed E-state index contributed by atoms with van der Waals surface area (Å²) >= 11 is 1.56. The Morgan fingerprint density at radius 1 is 1.25 bits per heavy atom. The molecule has 3 aromatic rings. The molecule has 1 N–H and O–H groups in total. The summed E-state index contributed by atoms with van der Waals surface area (Å²) in [6.45, 7) is 11.8. The van der Waals surface area contributed by atoms with Gasteiger partial charge in [-0.3, -0.25) is 0 Å². The molecule has 0 saturated carbocycles. The fourth-order valence-electron chi connectivity index (χ4n) is 2.11. The number of oxazole rings is 1. The van der Waals surface area contributed by atoms with Gasteiger partial charge in [-0.05, 0) is 6.92 Å². The molecule has 0 spiro atoms. The summed E-state index contributed by atoms with van der Waals surface area (Å²) in [5.41, 5.74) is 5.02. The number of nitrogens with one attached hydrogen (secondary N) is 1. The van der Waals surface area contributed by atoms with Crippen LogP contribution in [-0.4, -0.2) is 15.0 Å². The van der Waals surface area contributed by atoms with Gasteiger partial charge in [0.15, 0.2) is 5.89 Å². The van der Waals surface area contributed by atoms with E-state index in [2.05, 4.69) is 35.4 Å². The fraction of sp³-hybridized carbons (Fsp3) is 0.263. The van der Waals surface area contributed by atoms with E-state index in [0.717, 1.165) is 33.2 Å². The highest BCUT2D eigenvalue weighted by atomic mass is 32.1. The standard InChI is InChI=1S/C16H15N3OS.C3H8/c1-4-5-6-12-10(2)17-7-13(12)15-9-21-16(19-15)14-8-20-11(3)18-14;1-3-2/h4-9,17H,1H2,2-3H3;3H2,1-2H3/b6-5-;. The lowest BCUT2D eigenvalue weighted by molar-refractivity contribution is 0.521. The fourth-order valence-corrected chi connectivity index (χ4v) is 2.87. The molecule has 3 heterocycles. The Labute approximate surface area is 147 Å². The molecular formula is C19H23N3OS. The predicted octanol–water partition coefficient (Wildman–Crippen LogP) is 6.03. The number of aromatic amines is 1. The molecule has 3 rings (SSSR count). The number of thiazole rings is 1. The first kappa shape index (κ1) is 17.9. The van der Waals surface area contributed by atoms with Gasteiger partial charge in [-0.15, -0.1) is 11.3 Å². The van der Waals surface area contributed by atoms with Gasteiger partial charge in [0.2, 0.25) is 0 Å². The SMILES string of the molecule is C=C/C=C\c1c(-c2csc(-c3coc(C)n3)n2)c[nH]c1C.CCC. The summed E-state index contributed by atoms with van der Waals surface area (Å²) in [6, 6.07) is 0. The second-order valence-electron chi connectivity index (χ2n) is 5.33. The molecule has 24 heavy (non-hydrogen) atoms. The first-order chi connectivity index (χ1) is 11.6. The molecule has 5 heteroatoms. The highest BCUT2D eigenvalue weighted by Gasteiger charge is 2.13. The van der Waals surface area contributed by atoms with Crippen LogP contribution in [0.5, 0.6) is 0 Å². The smallest absolute Gasteiger partial charge is 0.191 e. The van der Waals surface area contributed by atoms with Crippen molar-refractivity contribution in [3.63, 3.8) is 0 Å². The zero-order valence-corrected chi connectivity index (χ0v) is 15.4. The van der Waals surface area contributed by atoms with E-state index >= 15 is 0 Å². The molecule has 4 nitrogen and oxygen atoms in total. The largest absolute Gasteiger partial charge is 0.449 e. The first-order valence-corrected chi connectivity index (χ1v) is 8.84. The monoisotopic (exact) mass is 341 g/mol. The molecule has 126 valence electrons. The van der Waals surface area contributed by atoms with Gasteiger partial charge in [-0.25, -0.2) is 9.97 Å². The van der Waals surface area contributed by atoms with Crippen molar-refractivity contribution >= 4 is 17.4 Å². The highest BCUT2D eigenvalue weighted by molar-refractivity contribution is 7.13. The van der Waals surface area contributed by atoms with Crippen LogP contribution in [0.4, 0.5) is 0 Å². The van der Waals surface area contributed by atoms with Crippen molar-refractivity contribution in [1.29, 1.82) is 0 Å². The molecule has 0 radical (unpaired) electrons. The Bertz CT molecular complexity index is 823. The number of H-pyrrole nitrogens is 1. The zero-order chi connectivity index (χ0) is 17.5. The van der Waals surface area contributed by atoms with Crippen LogP contribution < -0.4 is 0 Å². The van der Waals surface area contributed by atoms with Crippen molar-refractivity contribution in [2.24, 2.45) is 0 Å². The number of nitrogens with zero attached hydrogens (tertiary/aromatic N) is 2. The van der Waals surface area contributed by atoms with Crippen molar-refractivity contribution in [2.75, 3.05) is 0 Å². The molecule has 0 unspecified atom stereocenters. The summed E-state index contributed by atoms with van der Waals surface area (Å²) in [5, 5.41) is 2.90. The van der Waals surface area contributed by atoms with Crippen molar-refractivity contribution < 1.29 is 4.42 Å². The van der Waals surface area contributed by atoms with Crippen LogP contribution in [0.15, 0.2) is 41.0 Å². The van der Waals surface area contributed by atoms with Crippen LogP contribution >= 0.6 is 11.3 Å². The second kappa shape index (κ2) is 8.45. The number of hydrogen-bond donors (Lipinski definition) is 1. The maximum Gasteiger partial charge on any atom is 0.191 e. The van der Waals surface area contributed by atoms with Crippen molar-refractivity contribution in [2.45, 2.75) is 34.1 Å². The van der Waals surface area contributed by atoms with E-state index in [4.69, 9.17) is 4.42 Å². The van der Waals surface area contributed by atoms with Gasteiger partial charge in [-0.1, -0.05) is 45.1 Å². The van der Waals surface area contributed by atoms with Gasteiger partial charge in [0.05, 0.1) is 5.69 Å². The Morgan fingerprint density at radius 2 is 2.00 bits per heavy atom. The zero-order valence-electron chi connectivity index (χ0n) is 14.6. The molecule has 0 saturated heterocycles. The molecule has 0 amide bonds. The maximum atomic E-state index is 5.24. The number of aromatic nitrogens is 3. The van der Waals surface area contributed by atoms with Crippen LogP contribution in [0.25, 0.3) is 28.0 Å². The maximum absolute atomic E-state index is 5.24. The van der Waals surface area contributed by atoms with Gasteiger partial charge >= 0.3 is 0 Å². The predicted molar refractivity (Wildman–Crippen MR) is 102 cm³/mol. The van der Waals surface area contributed by atoms with Gasteiger partial charge in [0.1, 0.15) is 17.0 Å². The third-order valence-corrected chi connectivity index (χ3v) is 4.01. The highest BCUT2D eigenvalue weighted by Crippen LogP contribution is 2.32. The van der Waals surface area contributed by atoms with Gasteiger partial charge in [0.25, 0.3) is 0 Å². The third kappa shape index (κ3) is 4.11. The van der Waals surface area contributed by atoms with E-state index in [0.29, 0.717) is 5.89 Å². The Kier molecular flexibility index (Phi) is 6.32. The number of allylic oxidation sites excluding steroid dienone is 2.